The van der Waals surface area contributed by atoms with Crippen LogP contribution in [0.25, 0.3) is 0 Å². The lowest BCUT2D eigenvalue weighted by atomic mass is 10.2. The van der Waals surface area contributed by atoms with Crippen molar-refractivity contribution >= 4 is 23.1 Å². The van der Waals surface area contributed by atoms with Gasteiger partial charge in [0.05, 0.1) is 12.8 Å². The van der Waals surface area contributed by atoms with E-state index in [2.05, 4.69) is 10.2 Å². The molecule has 0 saturated carbocycles. The molecule has 0 aliphatic carbocycles. The molecule has 0 unspecified atom stereocenters. The maximum absolute atomic E-state index is 5.98. The minimum atomic E-state index is 0.440. The fraction of sp³-hybridized carbons (Fsp3) is 0.286. The highest BCUT2D eigenvalue weighted by molar-refractivity contribution is 6.30. The monoisotopic (exact) mass is 277 g/mol. The third kappa shape index (κ3) is 2.49. The molecule has 2 rings (SSSR count). The van der Waals surface area contributed by atoms with Crippen molar-refractivity contribution in [1.82, 2.24) is 10.2 Å². The molecular formula is C14H16ClN3O. The topological polar surface area (TPSA) is 38.2 Å². The van der Waals surface area contributed by atoms with Crippen LogP contribution in [0.5, 0.6) is 5.75 Å². The highest BCUT2D eigenvalue weighted by Gasteiger charge is 2.15. The highest BCUT2D eigenvalue weighted by atomic mass is 35.5. The third-order valence-corrected chi connectivity index (χ3v) is 3.56. The van der Waals surface area contributed by atoms with E-state index in [1.54, 1.807) is 7.11 Å². The Balaban J connectivity index is 2.50. The molecule has 0 spiro atoms. The lowest BCUT2D eigenvalue weighted by molar-refractivity contribution is 0.415. The Kier molecular flexibility index (Phi) is 3.90. The fourth-order valence-electron chi connectivity index (χ4n) is 1.90. The lowest BCUT2D eigenvalue weighted by Crippen LogP contribution is -2.15. The summed E-state index contributed by atoms with van der Waals surface area (Å²) < 4.78 is 5.37. The van der Waals surface area contributed by atoms with Crippen LogP contribution in [0.15, 0.2) is 24.3 Å². The van der Waals surface area contributed by atoms with Gasteiger partial charge in [0.25, 0.3) is 0 Å². The van der Waals surface area contributed by atoms with Gasteiger partial charge in [0, 0.05) is 7.05 Å². The lowest BCUT2D eigenvalue weighted by Gasteiger charge is -2.22. The summed E-state index contributed by atoms with van der Waals surface area (Å²) in [5.74, 6) is 1.56. The summed E-state index contributed by atoms with van der Waals surface area (Å²) in [6.45, 7) is 3.92. The number of para-hydroxylation sites is 2. The van der Waals surface area contributed by atoms with Gasteiger partial charge in [-0.15, -0.1) is 10.2 Å². The molecule has 5 heteroatoms. The molecule has 0 fully saturated rings. The number of anilines is 2. The number of hydrogen-bond acceptors (Lipinski definition) is 4. The van der Waals surface area contributed by atoms with Crippen LogP contribution >= 0.6 is 11.6 Å². The van der Waals surface area contributed by atoms with Crippen molar-refractivity contribution in [2.24, 2.45) is 0 Å². The maximum atomic E-state index is 5.98. The first-order valence-corrected chi connectivity index (χ1v) is 6.30. The van der Waals surface area contributed by atoms with Gasteiger partial charge in [-0.1, -0.05) is 23.7 Å². The molecular weight excluding hydrogens is 262 g/mol. The molecule has 0 atom stereocenters. The normalized spacial score (nSPS) is 10.4. The van der Waals surface area contributed by atoms with E-state index in [-0.39, 0.29) is 0 Å². The number of hydrogen-bond donors (Lipinski definition) is 0. The Hall–Kier alpha value is -1.81. The summed E-state index contributed by atoms with van der Waals surface area (Å²) in [7, 11) is 3.58. The van der Waals surface area contributed by atoms with Crippen LogP contribution in [-0.2, 0) is 0 Å². The highest BCUT2D eigenvalue weighted by Crippen LogP contribution is 2.33. The van der Waals surface area contributed by atoms with Crippen molar-refractivity contribution in [2.75, 3.05) is 19.1 Å². The summed E-state index contributed by atoms with van der Waals surface area (Å²) in [4.78, 5) is 1.95. The quantitative estimate of drug-likeness (QED) is 0.860. The second kappa shape index (κ2) is 5.45. The molecule has 0 saturated heterocycles. The Morgan fingerprint density at radius 1 is 1.11 bits per heavy atom. The Morgan fingerprint density at radius 3 is 2.47 bits per heavy atom. The zero-order valence-corrected chi connectivity index (χ0v) is 12.2. The Morgan fingerprint density at radius 2 is 1.79 bits per heavy atom. The smallest absolute Gasteiger partial charge is 0.158 e. The van der Waals surface area contributed by atoms with Crippen LogP contribution in [0.1, 0.15) is 11.1 Å². The van der Waals surface area contributed by atoms with E-state index in [0.29, 0.717) is 5.15 Å². The van der Waals surface area contributed by atoms with Gasteiger partial charge in [-0.25, -0.2) is 0 Å². The van der Waals surface area contributed by atoms with Crippen LogP contribution in [0.2, 0.25) is 5.15 Å². The minimum Gasteiger partial charge on any atom is -0.495 e. The first-order chi connectivity index (χ1) is 9.06. The van der Waals surface area contributed by atoms with E-state index < -0.39 is 0 Å². The molecule has 1 aromatic carbocycles. The second-order valence-electron chi connectivity index (χ2n) is 4.30. The van der Waals surface area contributed by atoms with Gasteiger partial charge >= 0.3 is 0 Å². The van der Waals surface area contributed by atoms with Crippen LogP contribution in [0.4, 0.5) is 11.5 Å². The number of nitrogens with zero attached hydrogens (tertiary/aromatic N) is 3. The average Bonchev–Trinajstić information content (AvgIpc) is 2.44. The van der Waals surface area contributed by atoms with Gasteiger partial charge in [-0.05, 0) is 37.1 Å². The molecule has 1 heterocycles. The zero-order chi connectivity index (χ0) is 14.0. The molecule has 0 amide bonds. The fourth-order valence-corrected chi connectivity index (χ4v) is 2.08. The molecule has 19 heavy (non-hydrogen) atoms. The number of halogens is 1. The molecule has 4 nitrogen and oxygen atoms in total. The van der Waals surface area contributed by atoms with E-state index in [9.17, 15) is 0 Å². The van der Waals surface area contributed by atoms with Gasteiger partial charge < -0.3 is 9.64 Å². The van der Waals surface area contributed by atoms with Crippen LogP contribution in [-0.4, -0.2) is 24.4 Å². The molecule has 0 aliphatic heterocycles. The first kappa shape index (κ1) is 13.6. The first-order valence-electron chi connectivity index (χ1n) is 5.92. The molecule has 0 N–H and O–H groups in total. The number of benzene rings is 1. The maximum Gasteiger partial charge on any atom is 0.158 e. The molecule has 0 aliphatic rings. The van der Waals surface area contributed by atoms with Crippen molar-refractivity contribution in [1.29, 1.82) is 0 Å². The van der Waals surface area contributed by atoms with E-state index in [1.165, 1.54) is 0 Å². The van der Waals surface area contributed by atoms with Crippen molar-refractivity contribution in [2.45, 2.75) is 13.8 Å². The van der Waals surface area contributed by atoms with E-state index in [0.717, 1.165) is 28.4 Å². The second-order valence-corrected chi connectivity index (χ2v) is 4.65. The van der Waals surface area contributed by atoms with Crippen molar-refractivity contribution < 1.29 is 4.74 Å². The Labute approximate surface area is 118 Å². The summed E-state index contributed by atoms with van der Waals surface area (Å²) in [6, 6.07) is 7.78. The van der Waals surface area contributed by atoms with Crippen LogP contribution in [0, 0.1) is 13.8 Å². The van der Waals surface area contributed by atoms with Crippen LogP contribution < -0.4 is 9.64 Å². The number of rotatable bonds is 3. The number of aromatic nitrogens is 2. The van der Waals surface area contributed by atoms with Crippen molar-refractivity contribution in [3.8, 4) is 5.75 Å². The summed E-state index contributed by atoms with van der Waals surface area (Å²) in [5, 5.41) is 8.59. The average molecular weight is 278 g/mol. The van der Waals surface area contributed by atoms with Crippen molar-refractivity contribution in [3.05, 3.63) is 40.5 Å². The van der Waals surface area contributed by atoms with Gasteiger partial charge in [0.1, 0.15) is 5.75 Å². The molecule has 0 radical (unpaired) electrons. The van der Waals surface area contributed by atoms with Crippen LogP contribution in [0.3, 0.4) is 0 Å². The third-order valence-electron chi connectivity index (χ3n) is 3.20. The van der Waals surface area contributed by atoms with Gasteiger partial charge in [-0.3, -0.25) is 0 Å². The standard InChI is InChI=1S/C14H16ClN3O/c1-9-10(2)14(17-16-13(9)15)18(3)11-7-5-6-8-12(11)19-4/h5-8H,1-4H3. The van der Waals surface area contributed by atoms with E-state index in [4.69, 9.17) is 16.3 Å². The zero-order valence-electron chi connectivity index (χ0n) is 11.4. The summed E-state index contributed by atoms with van der Waals surface area (Å²) in [5.41, 5.74) is 2.88. The molecule has 1 aromatic heterocycles. The largest absolute Gasteiger partial charge is 0.495 e. The van der Waals surface area contributed by atoms with E-state index >= 15 is 0 Å². The summed E-state index contributed by atoms with van der Waals surface area (Å²) >= 11 is 5.98. The number of ether oxygens (including phenoxy) is 1. The number of methoxy groups -OCH3 is 1. The van der Waals surface area contributed by atoms with Crippen molar-refractivity contribution in [3.63, 3.8) is 0 Å². The van der Waals surface area contributed by atoms with Gasteiger partial charge in [-0.2, -0.15) is 0 Å². The minimum absolute atomic E-state index is 0.440. The predicted molar refractivity (Wildman–Crippen MR) is 77.6 cm³/mol. The summed E-state index contributed by atoms with van der Waals surface area (Å²) in [6.07, 6.45) is 0. The van der Waals surface area contributed by atoms with Gasteiger partial charge in [0.2, 0.25) is 0 Å². The molecule has 2 aromatic rings. The van der Waals surface area contributed by atoms with Gasteiger partial charge in [0.15, 0.2) is 11.0 Å². The molecule has 100 valence electrons. The predicted octanol–water partition coefficient (Wildman–Crippen LogP) is 3.52. The Bertz CT molecular complexity index is 601. The SMILES string of the molecule is COc1ccccc1N(C)c1nnc(Cl)c(C)c1C. The van der Waals surface area contributed by atoms with E-state index in [1.807, 2.05) is 50.1 Å². The molecule has 0 bridgehead atoms.